The summed E-state index contributed by atoms with van der Waals surface area (Å²) in [6, 6.07) is 3.35. The van der Waals surface area contributed by atoms with Crippen molar-refractivity contribution in [2.24, 2.45) is 0 Å². The van der Waals surface area contributed by atoms with Crippen LogP contribution < -0.4 is 9.46 Å². The Kier molecular flexibility index (Phi) is 5.83. The molecule has 3 nitrogen and oxygen atoms in total. The lowest BCUT2D eigenvalue weighted by molar-refractivity contribution is -0.274. The van der Waals surface area contributed by atoms with Crippen molar-refractivity contribution in [2.45, 2.75) is 44.8 Å². The first-order valence-corrected chi connectivity index (χ1v) is 7.65. The Balaban J connectivity index is 2.92. The highest BCUT2D eigenvalue weighted by Gasteiger charge is 2.32. The lowest BCUT2D eigenvalue weighted by atomic mass is 10.1. The molecule has 0 aliphatic rings. The summed E-state index contributed by atoms with van der Waals surface area (Å²) in [5, 5.41) is 0.113. The van der Waals surface area contributed by atoms with Gasteiger partial charge in [-0.25, -0.2) is 0 Å². The lowest BCUT2D eigenvalue weighted by Crippen LogP contribution is -2.40. The van der Waals surface area contributed by atoms with Crippen LogP contribution in [0.2, 0.25) is 5.02 Å². The molecule has 0 saturated heterocycles. The van der Waals surface area contributed by atoms with Crippen molar-refractivity contribution >= 4 is 23.0 Å². The number of rotatable bonds is 4. The molecule has 21 heavy (non-hydrogen) atoms. The summed E-state index contributed by atoms with van der Waals surface area (Å²) in [7, 11) is 0. The first kappa shape index (κ1) is 18.4. The van der Waals surface area contributed by atoms with Crippen molar-refractivity contribution in [1.82, 2.24) is 4.72 Å². The van der Waals surface area contributed by atoms with Crippen LogP contribution in [0.4, 0.5) is 13.2 Å². The second-order valence-corrected chi connectivity index (χ2v) is 7.92. The van der Waals surface area contributed by atoms with E-state index in [1.54, 1.807) is 27.7 Å². The van der Waals surface area contributed by atoms with Crippen molar-refractivity contribution in [2.75, 3.05) is 0 Å². The highest BCUT2D eigenvalue weighted by atomic mass is 35.5. The zero-order chi connectivity index (χ0) is 16.4. The number of nitrogens with one attached hydrogen (secondary N) is 1. The van der Waals surface area contributed by atoms with E-state index < -0.39 is 34.3 Å². The van der Waals surface area contributed by atoms with Crippen LogP contribution >= 0.6 is 11.6 Å². The second kappa shape index (κ2) is 6.64. The highest BCUT2D eigenvalue weighted by molar-refractivity contribution is 7.90. The van der Waals surface area contributed by atoms with Gasteiger partial charge in [0.2, 0.25) is 0 Å². The summed E-state index contributed by atoms with van der Waals surface area (Å²) in [5.41, 5.74) is 0.458. The molecule has 1 unspecified atom stereocenters. The van der Waals surface area contributed by atoms with Gasteiger partial charge in [0.1, 0.15) is 10.5 Å². The monoisotopic (exact) mass is 343 g/mol. The molecule has 0 aliphatic heterocycles. The minimum Gasteiger partial charge on any atom is -0.598 e. The number of ether oxygens (including phenoxy) is 1. The molecule has 0 bridgehead atoms. The molecule has 1 aromatic rings. The molecule has 8 heteroatoms. The van der Waals surface area contributed by atoms with Crippen LogP contribution in [-0.4, -0.2) is 15.7 Å². The molecule has 0 radical (unpaired) electrons. The fraction of sp³-hybridized carbons (Fsp3) is 0.538. The van der Waals surface area contributed by atoms with Crippen molar-refractivity contribution in [3.63, 3.8) is 0 Å². The quantitative estimate of drug-likeness (QED) is 0.826. The van der Waals surface area contributed by atoms with Crippen molar-refractivity contribution in [3.05, 3.63) is 28.8 Å². The molecule has 2 atom stereocenters. The summed E-state index contributed by atoms with van der Waals surface area (Å²) < 4.78 is 54.9. The minimum absolute atomic E-state index is 0.113. The fourth-order valence-corrected chi connectivity index (χ4v) is 2.48. The summed E-state index contributed by atoms with van der Waals surface area (Å²) in [4.78, 5) is 0. The van der Waals surface area contributed by atoms with E-state index in [1.807, 2.05) is 0 Å². The van der Waals surface area contributed by atoms with Gasteiger partial charge in [0.25, 0.3) is 0 Å². The Hall–Kier alpha value is -0.630. The van der Waals surface area contributed by atoms with Gasteiger partial charge in [0.15, 0.2) is 0 Å². The zero-order valence-corrected chi connectivity index (χ0v) is 13.6. The fourth-order valence-electron chi connectivity index (χ4n) is 1.43. The van der Waals surface area contributed by atoms with Crippen LogP contribution in [0.15, 0.2) is 18.2 Å². The van der Waals surface area contributed by atoms with E-state index >= 15 is 0 Å². The Morgan fingerprint density at radius 1 is 1.24 bits per heavy atom. The van der Waals surface area contributed by atoms with Gasteiger partial charge in [-0.05, 0) is 51.5 Å². The average molecular weight is 344 g/mol. The molecular weight excluding hydrogens is 327 g/mol. The minimum atomic E-state index is -4.78. The van der Waals surface area contributed by atoms with E-state index in [0.717, 1.165) is 6.07 Å². The molecule has 0 saturated carbocycles. The molecule has 0 aromatic heterocycles. The van der Waals surface area contributed by atoms with Gasteiger partial charge in [-0.3, -0.25) is 0 Å². The van der Waals surface area contributed by atoms with Crippen LogP contribution in [0.25, 0.3) is 0 Å². The number of hydrogen-bond acceptors (Lipinski definition) is 3. The van der Waals surface area contributed by atoms with Crippen LogP contribution in [-0.2, 0) is 11.4 Å². The number of alkyl halides is 3. The van der Waals surface area contributed by atoms with E-state index in [9.17, 15) is 17.7 Å². The van der Waals surface area contributed by atoms with Gasteiger partial charge in [0.05, 0.1) is 6.04 Å². The van der Waals surface area contributed by atoms with E-state index in [4.69, 9.17) is 11.6 Å². The number of hydrogen-bond donors (Lipinski definition) is 1. The van der Waals surface area contributed by atoms with Crippen LogP contribution in [0.3, 0.4) is 0 Å². The molecule has 1 N–H and O–H groups in total. The predicted molar refractivity (Wildman–Crippen MR) is 77.6 cm³/mol. The molecule has 1 rings (SSSR count). The van der Waals surface area contributed by atoms with Crippen molar-refractivity contribution < 1.29 is 22.5 Å². The van der Waals surface area contributed by atoms with E-state index in [0.29, 0.717) is 5.56 Å². The summed E-state index contributed by atoms with van der Waals surface area (Å²) in [6.07, 6.45) is -4.78. The van der Waals surface area contributed by atoms with Crippen molar-refractivity contribution in [1.29, 1.82) is 0 Å². The number of halogens is 4. The first-order chi connectivity index (χ1) is 9.38. The highest BCUT2D eigenvalue weighted by Crippen LogP contribution is 2.30. The average Bonchev–Trinajstić information content (AvgIpc) is 2.24. The maximum Gasteiger partial charge on any atom is 0.573 e. The van der Waals surface area contributed by atoms with E-state index in [2.05, 4.69) is 9.46 Å². The van der Waals surface area contributed by atoms with Gasteiger partial charge in [-0.15, -0.1) is 17.9 Å². The normalized spacial score (nSPS) is 15.7. The van der Waals surface area contributed by atoms with Gasteiger partial charge in [-0.1, -0.05) is 11.6 Å². The third-order valence-corrected chi connectivity index (χ3v) is 4.37. The third kappa shape index (κ3) is 6.34. The maximum absolute atomic E-state index is 12.2. The second-order valence-electron chi connectivity index (χ2n) is 5.49. The van der Waals surface area contributed by atoms with Gasteiger partial charge in [-0.2, -0.15) is 0 Å². The van der Waals surface area contributed by atoms with Crippen LogP contribution in [0.1, 0.15) is 39.3 Å². The smallest absolute Gasteiger partial charge is 0.573 e. The van der Waals surface area contributed by atoms with Gasteiger partial charge >= 0.3 is 6.36 Å². The van der Waals surface area contributed by atoms with Crippen LogP contribution in [0.5, 0.6) is 5.75 Å². The summed E-state index contributed by atoms with van der Waals surface area (Å²) in [6.45, 7) is 7.06. The maximum atomic E-state index is 12.2. The lowest BCUT2D eigenvalue weighted by Gasteiger charge is -2.26. The standard InChI is InChI=1S/C13H17ClF3NO2S/c1-8(18-21(19)12(2,3)4)9-5-10(14)7-11(6-9)20-13(15,16)17/h5-8,18H,1-4H3/t8?,21-/m1/s1. The van der Waals surface area contributed by atoms with E-state index in [1.165, 1.54) is 12.1 Å². The Labute approximate surface area is 130 Å². The molecule has 0 aliphatic carbocycles. The number of benzene rings is 1. The molecule has 0 fully saturated rings. The van der Waals surface area contributed by atoms with Gasteiger partial charge in [0, 0.05) is 16.4 Å². The first-order valence-electron chi connectivity index (χ1n) is 6.13. The SMILES string of the molecule is CC(N[S@+]([O-])C(C)(C)C)c1cc(Cl)cc(OC(F)(F)F)c1. The largest absolute Gasteiger partial charge is 0.598 e. The Bertz CT molecular complexity index is 491. The Morgan fingerprint density at radius 3 is 2.29 bits per heavy atom. The zero-order valence-electron chi connectivity index (χ0n) is 12.0. The van der Waals surface area contributed by atoms with Crippen LogP contribution in [0, 0.1) is 0 Å². The molecule has 0 spiro atoms. The van der Waals surface area contributed by atoms with Gasteiger partial charge < -0.3 is 9.29 Å². The third-order valence-electron chi connectivity index (χ3n) is 2.47. The summed E-state index contributed by atoms with van der Waals surface area (Å²) in [5.74, 6) is -0.403. The molecule has 120 valence electrons. The molecule has 0 heterocycles. The predicted octanol–water partition coefficient (Wildman–Crippen LogP) is 4.35. The summed E-state index contributed by atoms with van der Waals surface area (Å²) >= 11 is 4.44. The van der Waals surface area contributed by atoms with E-state index in [-0.39, 0.29) is 5.02 Å². The van der Waals surface area contributed by atoms with Crippen molar-refractivity contribution in [3.8, 4) is 5.75 Å². The topological polar surface area (TPSA) is 44.3 Å². The molecular formula is C13H17ClF3NO2S. The molecule has 0 amide bonds. The Morgan fingerprint density at radius 2 is 1.81 bits per heavy atom. The molecule has 1 aromatic carbocycles.